The maximum Gasteiger partial charge on any atom is 0.414 e. The van der Waals surface area contributed by atoms with Crippen molar-refractivity contribution >= 4 is 27.5 Å². The molecule has 2 heterocycles. The predicted molar refractivity (Wildman–Crippen MR) is 122 cm³/mol. The molecule has 1 N–H and O–H groups in total. The van der Waals surface area contributed by atoms with Crippen molar-refractivity contribution in [3.05, 3.63) is 29.8 Å². The molecule has 1 unspecified atom stereocenters. The summed E-state index contributed by atoms with van der Waals surface area (Å²) >= 11 is 0. The molecule has 3 atom stereocenters. The molecule has 0 radical (unpaired) electrons. The number of cyclic esters (lactones) is 1. The molecule has 1 aromatic rings. The van der Waals surface area contributed by atoms with Crippen LogP contribution in [-0.2, 0) is 28.9 Å². The molecule has 2 aliphatic rings. The van der Waals surface area contributed by atoms with Crippen molar-refractivity contribution in [1.29, 1.82) is 0 Å². The third-order valence-corrected chi connectivity index (χ3v) is 7.87. The van der Waals surface area contributed by atoms with Crippen LogP contribution in [0.2, 0.25) is 0 Å². The van der Waals surface area contributed by atoms with Crippen LogP contribution in [0.15, 0.2) is 24.3 Å². The van der Waals surface area contributed by atoms with E-state index in [0.29, 0.717) is 24.3 Å². The van der Waals surface area contributed by atoms with Gasteiger partial charge in [0.15, 0.2) is 20.9 Å². The van der Waals surface area contributed by atoms with Gasteiger partial charge in [0.25, 0.3) is 5.91 Å². The number of carbonyl (C=O) groups is 2. The van der Waals surface area contributed by atoms with Gasteiger partial charge in [0.1, 0.15) is 6.10 Å². The minimum Gasteiger partial charge on any atom is -0.444 e. The molecular weight excluding hydrogens is 486 g/mol. The molecule has 35 heavy (non-hydrogen) atoms. The lowest BCUT2D eigenvalue weighted by molar-refractivity contribution is -0.201. The van der Waals surface area contributed by atoms with Gasteiger partial charge in [-0.25, -0.2) is 32.3 Å². The molecule has 0 aromatic heterocycles. The first-order chi connectivity index (χ1) is 16.5. The maximum absolute atomic E-state index is 12.9. The highest BCUT2D eigenvalue weighted by atomic mass is 32.2. The van der Waals surface area contributed by atoms with Crippen LogP contribution < -0.4 is 10.4 Å². The average Bonchev–Trinajstić information content (AvgIpc) is 3.17. The van der Waals surface area contributed by atoms with Gasteiger partial charge in [0.2, 0.25) is 6.43 Å². The SMILES string of the molecule is C[C@@](C[C@H]1CN(c2ccc(C#CCC(F)F)cc2)C(=O)O1)(C(=O)NOC1CCCCO1)S(C)(=O)=O. The van der Waals surface area contributed by atoms with Crippen LogP contribution >= 0.6 is 0 Å². The summed E-state index contributed by atoms with van der Waals surface area (Å²) in [6.07, 6.45) is -2.32. The molecule has 2 saturated heterocycles. The van der Waals surface area contributed by atoms with Gasteiger partial charge in [0, 0.05) is 37.0 Å². The summed E-state index contributed by atoms with van der Waals surface area (Å²) in [6.45, 7) is 1.76. The number of hydrogen-bond acceptors (Lipinski definition) is 7. The fourth-order valence-corrected chi connectivity index (χ4v) is 4.54. The molecule has 3 rings (SSSR count). The molecule has 0 bridgehead atoms. The number of rotatable bonds is 8. The van der Waals surface area contributed by atoms with E-state index in [2.05, 4.69) is 17.3 Å². The Morgan fingerprint density at radius 3 is 2.63 bits per heavy atom. The molecule has 0 spiro atoms. The van der Waals surface area contributed by atoms with Crippen LogP contribution in [0.4, 0.5) is 19.3 Å². The first-order valence-corrected chi connectivity index (χ1v) is 13.0. The molecule has 1 aromatic carbocycles. The Kier molecular flexibility index (Phi) is 8.69. The second-order valence-electron chi connectivity index (χ2n) is 8.61. The lowest BCUT2D eigenvalue weighted by atomic mass is 10.0. The number of ether oxygens (including phenoxy) is 2. The Hall–Kier alpha value is -2.75. The van der Waals surface area contributed by atoms with E-state index in [1.165, 1.54) is 11.8 Å². The lowest BCUT2D eigenvalue weighted by Crippen LogP contribution is -2.53. The zero-order chi connectivity index (χ0) is 25.6. The van der Waals surface area contributed by atoms with Crippen molar-refractivity contribution < 1.29 is 41.1 Å². The summed E-state index contributed by atoms with van der Waals surface area (Å²) in [5.41, 5.74) is 3.16. The number of benzene rings is 1. The Balaban J connectivity index is 1.65. The van der Waals surface area contributed by atoms with Gasteiger partial charge in [0.05, 0.1) is 13.0 Å². The number of halogens is 2. The summed E-state index contributed by atoms with van der Waals surface area (Å²) in [6, 6.07) is 6.31. The Bertz CT molecular complexity index is 1080. The van der Waals surface area contributed by atoms with Crippen LogP contribution in [0.1, 0.15) is 44.6 Å². The molecular formula is C23H28F2N2O7S. The third-order valence-electron chi connectivity index (χ3n) is 5.88. The van der Waals surface area contributed by atoms with E-state index in [4.69, 9.17) is 14.3 Å². The minimum atomic E-state index is -3.94. The fraction of sp³-hybridized carbons (Fsp3) is 0.565. The van der Waals surface area contributed by atoms with Crippen molar-refractivity contribution in [3.63, 3.8) is 0 Å². The fourth-order valence-electron chi connectivity index (χ4n) is 3.67. The Labute approximate surface area is 203 Å². The van der Waals surface area contributed by atoms with Crippen LogP contribution in [0.3, 0.4) is 0 Å². The second kappa shape index (κ2) is 11.3. The van der Waals surface area contributed by atoms with Gasteiger partial charge in [-0.05, 0) is 44.0 Å². The molecule has 9 nitrogen and oxygen atoms in total. The number of hydroxylamine groups is 1. The topological polar surface area (TPSA) is 111 Å². The van der Waals surface area contributed by atoms with E-state index in [1.54, 1.807) is 24.3 Å². The first kappa shape index (κ1) is 26.8. The van der Waals surface area contributed by atoms with E-state index < -0.39 is 51.8 Å². The van der Waals surface area contributed by atoms with E-state index in [9.17, 15) is 26.8 Å². The van der Waals surface area contributed by atoms with Crippen molar-refractivity contribution in [2.75, 3.05) is 24.3 Å². The van der Waals surface area contributed by atoms with Gasteiger partial charge in [-0.1, -0.05) is 11.8 Å². The van der Waals surface area contributed by atoms with Crippen molar-refractivity contribution in [1.82, 2.24) is 5.48 Å². The molecule has 12 heteroatoms. The highest BCUT2D eigenvalue weighted by molar-refractivity contribution is 7.92. The third kappa shape index (κ3) is 6.90. The summed E-state index contributed by atoms with van der Waals surface area (Å²) in [5, 5.41) is 0. The van der Waals surface area contributed by atoms with Crippen LogP contribution in [0.25, 0.3) is 0 Å². The monoisotopic (exact) mass is 514 g/mol. The van der Waals surface area contributed by atoms with Crippen LogP contribution in [0.5, 0.6) is 0 Å². The quantitative estimate of drug-likeness (QED) is 0.420. The highest BCUT2D eigenvalue weighted by Crippen LogP contribution is 2.30. The van der Waals surface area contributed by atoms with Gasteiger partial charge in [-0.3, -0.25) is 9.69 Å². The van der Waals surface area contributed by atoms with E-state index in [1.807, 2.05) is 0 Å². The molecule has 2 amide bonds. The zero-order valence-electron chi connectivity index (χ0n) is 19.5. The summed E-state index contributed by atoms with van der Waals surface area (Å²) in [5.74, 6) is 4.10. The molecule has 2 fully saturated rings. The smallest absolute Gasteiger partial charge is 0.414 e. The number of nitrogens with one attached hydrogen (secondary N) is 1. The highest BCUT2D eigenvalue weighted by Gasteiger charge is 2.48. The van der Waals surface area contributed by atoms with Crippen LogP contribution in [-0.4, -0.2) is 63.4 Å². The molecule has 192 valence electrons. The van der Waals surface area contributed by atoms with Gasteiger partial charge in [-0.2, -0.15) is 0 Å². The molecule has 0 saturated carbocycles. The number of sulfone groups is 1. The standard InChI is InChI=1S/C23H28F2N2O7S/c1-23(35(2,30)31,21(28)26-34-20-8-3-4-13-32-20)14-18-15-27(22(29)33-18)17-11-9-16(10-12-17)6-5-7-19(24)25/h9-12,18-20H,3-4,7-8,13-15H2,1-2H3,(H,26,28)/t18-,20?,23+/m0/s1. The normalized spacial score (nSPS) is 22.2. The van der Waals surface area contributed by atoms with Crippen molar-refractivity contribution in [3.8, 4) is 11.8 Å². The summed E-state index contributed by atoms with van der Waals surface area (Å²) < 4.78 is 58.4. The van der Waals surface area contributed by atoms with Gasteiger partial charge in [-0.15, -0.1) is 0 Å². The van der Waals surface area contributed by atoms with Gasteiger partial charge >= 0.3 is 6.09 Å². The van der Waals surface area contributed by atoms with E-state index >= 15 is 0 Å². The maximum atomic E-state index is 12.9. The lowest BCUT2D eigenvalue weighted by Gasteiger charge is -2.29. The van der Waals surface area contributed by atoms with Crippen molar-refractivity contribution in [2.24, 2.45) is 0 Å². The first-order valence-electron chi connectivity index (χ1n) is 11.1. The predicted octanol–water partition coefficient (Wildman–Crippen LogP) is 2.79. The number of anilines is 1. The molecule has 0 aliphatic carbocycles. The second-order valence-corrected chi connectivity index (χ2v) is 11.1. The van der Waals surface area contributed by atoms with E-state index in [0.717, 1.165) is 19.1 Å². The Morgan fingerprint density at radius 1 is 1.31 bits per heavy atom. The minimum absolute atomic E-state index is 0.0141. The Morgan fingerprint density at radius 2 is 2.03 bits per heavy atom. The average molecular weight is 515 g/mol. The van der Waals surface area contributed by atoms with Crippen LogP contribution in [0, 0.1) is 11.8 Å². The number of hydrogen-bond donors (Lipinski definition) is 1. The molecule has 2 aliphatic heterocycles. The summed E-state index contributed by atoms with van der Waals surface area (Å²) in [7, 11) is -3.94. The largest absolute Gasteiger partial charge is 0.444 e. The van der Waals surface area contributed by atoms with Gasteiger partial charge < -0.3 is 9.47 Å². The summed E-state index contributed by atoms with van der Waals surface area (Å²) in [4.78, 5) is 31.9. The number of nitrogens with zero attached hydrogens (tertiary/aromatic N) is 1. The number of alkyl halides is 2. The zero-order valence-corrected chi connectivity index (χ0v) is 20.3. The van der Waals surface area contributed by atoms with E-state index in [-0.39, 0.29) is 13.0 Å². The van der Waals surface area contributed by atoms with Crippen molar-refractivity contribution in [2.45, 2.75) is 62.6 Å². The number of amides is 2. The number of carbonyl (C=O) groups excluding carboxylic acids is 2.